The fourth-order valence-corrected chi connectivity index (χ4v) is 4.39. The molecule has 0 saturated heterocycles. The number of anilines is 1. The van der Waals surface area contributed by atoms with Gasteiger partial charge in [-0.15, -0.1) is 0 Å². The van der Waals surface area contributed by atoms with Crippen LogP contribution in [-0.4, -0.2) is 42.9 Å². The summed E-state index contributed by atoms with van der Waals surface area (Å²) in [6.07, 6.45) is 11.3. The van der Waals surface area contributed by atoms with Gasteiger partial charge in [-0.1, -0.05) is 6.07 Å². The summed E-state index contributed by atoms with van der Waals surface area (Å²) in [4.78, 5) is 13.5. The first kappa shape index (κ1) is 20.8. The first-order valence-corrected chi connectivity index (χ1v) is 11.7. The standard InChI is InChI=1S/C22H20N8O2S/c1-3-30-14-19(11-26-30)33(31,32)28-18-6-16(8-23-10-18)15-4-5-20-21(7-15)27-22(12-24-20)17-9-25-29(2)13-17/h4-14,28H,3H2,1-2H3. The van der Waals surface area contributed by atoms with Crippen LogP contribution in [0.3, 0.4) is 0 Å². The van der Waals surface area contributed by atoms with Crippen molar-refractivity contribution in [2.45, 2.75) is 18.4 Å². The highest BCUT2D eigenvalue weighted by atomic mass is 32.2. The van der Waals surface area contributed by atoms with Crippen LogP contribution in [0.5, 0.6) is 0 Å². The molecule has 5 aromatic rings. The van der Waals surface area contributed by atoms with Gasteiger partial charge >= 0.3 is 0 Å². The second-order valence-electron chi connectivity index (χ2n) is 7.46. The maximum Gasteiger partial charge on any atom is 0.265 e. The van der Waals surface area contributed by atoms with Gasteiger partial charge in [0.25, 0.3) is 10.0 Å². The quantitative estimate of drug-likeness (QED) is 0.413. The van der Waals surface area contributed by atoms with Crippen LogP contribution in [0, 0.1) is 0 Å². The molecule has 0 aliphatic rings. The first-order chi connectivity index (χ1) is 15.9. The van der Waals surface area contributed by atoms with Gasteiger partial charge in [0.15, 0.2) is 0 Å². The van der Waals surface area contributed by atoms with Crippen LogP contribution < -0.4 is 4.72 Å². The normalized spacial score (nSPS) is 11.7. The van der Waals surface area contributed by atoms with Crippen molar-refractivity contribution >= 4 is 26.7 Å². The molecule has 5 rings (SSSR count). The van der Waals surface area contributed by atoms with Crippen molar-refractivity contribution < 1.29 is 8.42 Å². The Morgan fingerprint density at radius 3 is 2.55 bits per heavy atom. The lowest BCUT2D eigenvalue weighted by Crippen LogP contribution is -2.12. The van der Waals surface area contributed by atoms with E-state index >= 15 is 0 Å². The third-order valence-electron chi connectivity index (χ3n) is 5.11. The maximum absolute atomic E-state index is 12.7. The van der Waals surface area contributed by atoms with E-state index in [2.05, 4.69) is 24.9 Å². The van der Waals surface area contributed by atoms with Crippen molar-refractivity contribution in [3.63, 3.8) is 0 Å². The van der Waals surface area contributed by atoms with E-state index < -0.39 is 10.0 Å². The predicted molar refractivity (Wildman–Crippen MR) is 124 cm³/mol. The Kier molecular flexibility index (Phi) is 5.09. The third-order valence-corrected chi connectivity index (χ3v) is 6.45. The molecule has 0 amide bonds. The largest absolute Gasteiger partial charge is 0.278 e. The van der Waals surface area contributed by atoms with Crippen molar-refractivity contribution in [3.05, 3.63) is 67.6 Å². The van der Waals surface area contributed by atoms with Crippen LogP contribution in [-0.2, 0) is 23.6 Å². The van der Waals surface area contributed by atoms with Crippen molar-refractivity contribution in [3.8, 4) is 22.4 Å². The SMILES string of the molecule is CCn1cc(S(=O)(=O)Nc2cncc(-c3ccc4ncc(-c5cnn(C)c5)nc4c3)c2)cn1. The average molecular weight is 461 g/mol. The van der Waals surface area contributed by atoms with Crippen LogP contribution in [0.15, 0.2) is 72.5 Å². The van der Waals surface area contributed by atoms with Crippen LogP contribution in [0.4, 0.5) is 5.69 Å². The highest BCUT2D eigenvalue weighted by Gasteiger charge is 2.17. The van der Waals surface area contributed by atoms with Crippen LogP contribution in [0.2, 0.25) is 0 Å². The molecule has 1 aromatic carbocycles. The van der Waals surface area contributed by atoms with Gasteiger partial charge in [0.1, 0.15) is 4.90 Å². The number of aromatic nitrogens is 7. The summed E-state index contributed by atoms with van der Waals surface area (Å²) < 4.78 is 31.3. The van der Waals surface area contributed by atoms with Crippen LogP contribution in [0.1, 0.15) is 6.92 Å². The van der Waals surface area contributed by atoms with E-state index in [0.29, 0.717) is 17.7 Å². The summed E-state index contributed by atoms with van der Waals surface area (Å²) in [6.45, 7) is 2.47. The number of rotatable bonds is 6. The van der Waals surface area contributed by atoms with Crippen LogP contribution in [0.25, 0.3) is 33.4 Å². The van der Waals surface area contributed by atoms with E-state index in [9.17, 15) is 8.42 Å². The molecule has 0 atom stereocenters. The van der Waals surface area contributed by atoms with Crippen molar-refractivity contribution in [1.29, 1.82) is 0 Å². The molecule has 33 heavy (non-hydrogen) atoms. The number of benzene rings is 1. The minimum absolute atomic E-state index is 0.0960. The molecular weight excluding hydrogens is 440 g/mol. The lowest BCUT2D eigenvalue weighted by Gasteiger charge is -2.09. The van der Waals surface area contributed by atoms with Crippen molar-refractivity contribution in [2.24, 2.45) is 7.05 Å². The molecule has 0 radical (unpaired) electrons. The Hall–Kier alpha value is -4.12. The lowest BCUT2D eigenvalue weighted by molar-refractivity contribution is 0.600. The summed E-state index contributed by atoms with van der Waals surface area (Å²) in [7, 11) is -1.93. The number of nitrogens with one attached hydrogen (secondary N) is 1. The average Bonchev–Trinajstić information content (AvgIpc) is 3.48. The molecule has 0 bridgehead atoms. The monoisotopic (exact) mass is 460 g/mol. The number of pyridine rings is 1. The van der Waals surface area contributed by atoms with Crippen molar-refractivity contribution in [1.82, 2.24) is 34.5 Å². The summed E-state index contributed by atoms with van der Waals surface area (Å²) in [5.41, 5.74) is 5.01. The molecule has 4 aromatic heterocycles. The molecule has 0 fully saturated rings. The second-order valence-corrected chi connectivity index (χ2v) is 9.14. The van der Waals surface area contributed by atoms with E-state index in [-0.39, 0.29) is 4.90 Å². The van der Waals surface area contributed by atoms with E-state index in [4.69, 9.17) is 4.98 Å². The lowest BCUT2D eigenvalue weighted by atomic mass is 10.1. The van der Waals surface area contributed by atoms with Gasteiger partial charge in [-0.2, -0.15) is 10.2 Å². The van der Waals surface area contributed by atoms with E-state index in [1.807, 2.05) is 38.4 Å². The number of fused-ring (bicyclic) bond motifs is 1. The molecule has 0 saturated carbocycles. The Morgan fingerprint density at radius 2 is 1.79 bits per heavy atom. The summed E-state index contributed by atoms with van der Waals surface area (Å²) >= 11 is 0. The zero-order valence-electron chi connectivity index (χ0n) is 17.9. The molecule has 10 nitrogen and oxygen atoms in total. The molecule has 166 valence electrons. The smallest absolute Gasteiger partial charge is 0.265 e. The van der Waals surface area contributed by atoms with Crippen LogP contribution >= 0.6 is 0 Å². The Bertz CT molecular complexity index is 1570. The molecule has 1 N–H and O–H groups in total. The minimum Gasteiger partial charge on any atom is -0.278 e. The topological polar surface area (TPSA) is 120 Å². The molecule has 11 heteroatoms. The molecule has 0 unspecified atom stereocenters. The molecular formula is C22H20N8O2S. The van der Waals surface area contributed by atoms with Gasteiger partial charge in [-0.3, -0.25) is 24.1 Å². The summed E-state index contributed by atoms with van der Waals surface area (Å²) in [5, 5.41) is 8.22. The molecule has 0 aliphatic carbocycles. The van der Waals surface area contributed by atoms with E-state index in [1.54, 1.807) is 34.0 Å². The molecule has 0 aliphatic heterocycles. The first-order valence-electron chi connectivity index (χ1n) is 10.2. The summed E-state index contributed by atoms with van der Waals surface area (Å²) in [6, 6.07) is 7.42. The summed E-state index contributed by atoms with van der Waals surface area (Å²) in [5.74, 6) is 0. The highest BCUT2D eigenvalue weighted by Crippen LogP contribution is 2.26. The van der Waals surface area contributed by atoms with Gasteiger partial charge in [0, 0.05) is 43.3 Å². The van der Waals surface area contributed by atoms with Gasteiger partial charge in [0.05, 0.1) is 47.2 Å². The number of hydrogen-bond donors (Lipinski definition) is 1. The van der Waals surface area contributed by atoms with Gasteiger partial charge in [-0.05, 0) is 30.7 Å². The Labute approximate surface area is 190 Å². The van der Waals surface area contributed by atoms with E-state index in [1.165, 1.54) is 18.6 Å². The Balaban J connectivity index is 1.46. The zero-order chi connectivity index (χ0) is 23.0. The van der Waals surface area contributed by atoms with Gasteiger partial charge < -0.3 is 0 Å². The number of hydrogen-bond acceptors (Lipinski definition) is 7. The number of sulfonamides is 1. The fraction of sp³-hybridized carbons (Fsp3) is 0.136. The molecule has 0 spiro atoms. The predicted octanol–water partition coefficient (Wildman–Crippen LogP) is 3.11. The number of aryl methyl sites for hydroxylation is 2. The highest BCUT2D eigenvalue weighted by molar-refractivity contribution is 7.92. The number of nitrogens with zero attached hydrogens (tertiary/aromatic N) is 7. The Morgan fingerprint density at radius 1 is 0.909 bits per heavy atom. The third kappa shape index (κ3) is 4.17. The zero-order valence-corrected chi connectivity index (χ0v) is 18.7. The van der Waals surface area contributed by atoms with E-state index in [0.717, 1.165) is 27.9 Å². The fourth-order valence-electron chi connectivity index (χ4n) is 3.41. The van der Waals surface area contributed by atoms with Gasteiger partial charge in [0.2, 0.25) is 0 Å². The van der Waals surface area contributed by atoms with Gasteiger partial charge in [-0.25, -0.2) is 13.4 Å². The minimum atomic E-state index is -3.77. The second kappa shape index (κ2) is 8.10. The maximum atomic E-state index is 12.7. The molecule has 4 heterocycles. The van der Waals surface area contributed by atoms with Crippen molar-refractivity contribution in [2.75, 3.05) is 4.72 Å².